The molecule has 4 rings (SSSR count). The lowest BCUT2D eigenvalue weighted by molar-refractivity contribution is -0.209. The average molecular weight is 575 g/mol. The van der Waals surface area contributed by atoms with Gasteiger partial charge in [0.25, 0.3) is 0 Å². The molecule has 1 saturated carbocycles. The molecular weight excluding hydrogens is 524 g/mol. The number of fused-ring (bicyclic) bond motifs is 1. The van der Waals surface area contributed by atoms with Crippen LogP contribution in [0.2, 0.25) is 0 Å². The van der Waals surface area contributed by atoms with Gasteiger partial charge in [-0.25, -0.2) is 9.59 Å². The highest BCUT2D eigenvalue weighted by atomic mass is 16.5. The summed E-state index contributed by atoms with van der Waals surface area (Å²) in [4.78, 5) is 67.1. The molecule has 1 aliphatic carbocycles. The first-order valence-corrected chi connectivity index (χ1v) is 16.1. The van der Waals surface area contributed by atoms with Crippen LogP contribution in [0.25, 0.3) is 0 Å². The Kier molecular flexibility index (Phi) is 10.3. The molecule has 230 valence electrons. The van der Waals surface area contributed by atoms with Crippen molar-refractivity contribution in [3.05, 3.63) is 0 Å². The molecule has 0 bridgehead atoms. The molecule has 3 heterocycles. The fourth-order valence-electron chi connectivity index (χ4n) is 7.55. The van der Waals surface area contributed by atoms with Crippen LogP contribution in [0.15, 0.2) is 0 Å². The van der Waals surface area contributed by atoms with E-state index in [0.717, 1.165) is 19.3 Å². The predicted octanol–water partition coefficient (Wildman–Crippen LogP) is 5.04. The summed E-state index contributed by atoms with van der Waals surface area (Å²) in [6, 6.07) is -2.46. The van der Waals surface area contributed by atoms with Crippen molar-refractivity contribution in [2.45, 2.75) is 142 Å². The van der Waals surface area contributed by atoms with Crippen LogP contribution in [-0.4, -0.2) is 70.9 Å². The van der Waals surface area contributed by atoms with Gasteiger partial charge in [0.2, 0.25) is 11.8 Å². The molecule has 0 spiro atoms. The zero-order chi connectivity index (χ0) is 29.6. The van der Waals surface area contributed by atoms with Gasteiger partial charge in [-0.3, -0.25) is 25.0 Å². The first-order chi connectivity index (χ1) is 19.7. The first-order valence-electron chi connectivity index (χ1n) is 16.1. The van der Waals surface area contributed by atoms with Crippen molar-refractivity contribution in [2.75, 3.05) is 13.1 Å². The number of hydrogen-bond acceptors (Lipinski definition) is 6. The summed E-state index contributed by atoms with van der Waals surface area (Å²) in [7, 11) is 0. The number of carbonyl (C=O) groups excluding carboxylic acids is 5. The summed E-state index contributed by atoms with van der Waals surface area (Å²) in [5.41, 5.74) is -2.39. The highest BCUT2D eigenvalue weighted by Crippen LogP contribution is 2.63. The third-order valence-electron chi connectivity index (χ3n) is 10.2. The van der Waals surface area contributed by atoms with Crippen LogP contribution in [-0.2, 0) is 19.1 Å². The molecule has 10 nitrogen and oxygen atoms in total. The molecule has 0 radical (unpaired) electrons. The topological polar surface area (TPSA) is 125 Å². The van der Waals surface area contributed by atoms with Crippen molar-refractivity contribution >= 4 is 29.8 Å². The number of amides is 6. The van der Waals surface area contributed by atoms with Crippen LogP contribution < -0.4 is 10.6 Å². The summed E-state index contributed by atoms with van der Waals surface area (Å²) in [6.07, 6.45) is 18.3. The molecule has 4 fully saturated rings. The van der Waals surface area contributed by atoms with E-state index >= 15 is 0 Å². The number of urea groups is 2. The second-order valence-corrected chi connectivity index (χ2v) is 12.9. The molecule has 0 aromatic rings. The van der Waals surface area contributed by atoms with Gasteiger partial charge < -0.3 is 14.5 Å². The second kappa shape index (κ2) is 13.6. The van der Waals surface area contributed by atoms with Gasteiger partial charge >= 0.3 is 18.0 Å². The molecule has 0 aromatic heterocycles. The van der Waals surface area contributed by atoms with Gasteiger partial charge in [0, 0.05) is 6.42 Å². The molecule has 41 heavy (non-hydrogen) atoms. The number of rotatable bonds is 17. The van der Waals surface area contributed by atoms with E-state index in [9.17, 15) is 24.0 Å². The van der Waals surface area contributed by atoms with Crippen LogP contribution in [0.5, 0.6) is 0 Å². The maximum absolute atomic E-state index is 12.9. The summed E-state index contributed by atoms with van der Waals surface area (Å²) in [5, 5.41) is 4.75. The molecule has 4 aliphatic rings. The lowest BCUT2D eigenvalue weighted by atomic mass is 9.42. The summed E-state index contributed by atoms with van der Waals surface area (Å²) in [5.74, 6) is -1.39. The summed E-state index contributed by atoms with van der Waals surface area (Å²) < 4.78 is 5.76. The lowest BCUT2D eigenvalue weighted by Crippen LogP contribution is -2.90. The minimum atomic E-state index is -1.19. The number of hydrogen-bond donors (Lipinski definition) is 2. The Hall–Kier alpha value is -2.65. The molecule has 3 saturated heterocycles. The van der Waals surface area contributed by atoms with Gasteiger partial charge in [-0.15, -0.1) is 0 Å². The van der Waals surface area contributed by atoms with E-state index < -0.39 is 52.9 Å². The number of nitrogens with one attached hydrogen (secondary N) is 2. The number of unbranched alkanes of at least 4 members (excludes halogenated alkanes) is 14. The van der Waals surface area contributed by atoms with E-state index in [1.54, 1.807) is 13.8 Å². The van der Waals surface area contributed by atoms with Gasteiger partial charge in [-0.05, 0) is 20.3 Å². The second-order valence-electron chi connectivity index (χ2n) is 12.9. The van der Waals surface area contributed by atoms with Gasteiger partial charge in [-0.2, -0.15) is 0 Å². The Bertz CT molecular complexity index is 949. The standard InChI is InChI=1S/C31H50N4O6/c1-4-5-6-7-8-9-10-11-12-13-14-15-16-17-18-19-23(36)41-22-20-34-24-25-31(3,27(38)33-29(40)35(25)21-22)30(24,2)26(37)32-28(34)39/h22,24-25H,4-21H2,1-3H3,(H,32,37,39)(H,33,38,40). The zero-order valence-corrected chi connectivity index (χ0v) is 25.3. The smallest absolute Gasteiger partial charge is 0.324 e. The molecule has 2 N–H and O–H groups in total. The third-order valence-corrected chi connectivity index (χ3v) is 10.2. The normalized spacial score (nSPS) is 30.3. The quantitative estimate of drug-likeness (QED) is 0.185. The highest BCUT2D eigenvalue weighted by molar-refractivity contribution is 6.11. The van der Waals surface area contributed by atoms with Crippen LogP contribution in [0, 0.1) is 10.8 Å². The van der Waals surface area contributed by atoms with Crippen molar-refractivity contribution in [1.82, 2.24) is 20.4 Å². The lowest BCUT2D eigenvalue weighted by Gasteiger charge is -2.70. The minimum absolute atomic E-state index is 0.0640. The highest BCUT2D eigenvalue weighted by Gasteiger charge is 2.81. The molecule has 4 unspecified atom stereocenters. The van der Waals surface area contributed by atoms with Crippen molar-refractivity contribution in [3.63, 3.8) is 0 Å². The van der Waals surface area contributed by atoms with Crippen molar-refractivity contribution < 1.29 is 28.7 Å². The fourth-order valence-corrected chi connectivity index (χ4v) is 7.55. The van der Waals surface area contributed by atoms with Crippen molar-refractivity contribution in [2.24, 2.45) is 10.8 Å². The third kappa shape index (κ3) is 6.12. The van der Waals surface area contributed by atoms with Crippen molar-refractivity contribution in [1.29, 1.82) is 0 Å². The zero-order valence-electron chi connectivity index (χ0n) is 25.3. The summed E-state index contributed by atoms with van der Waals surface area (Å²) >= 11 is 0. The first kappa shape index (κ1) is 31.3. The Morgan fingerprint density at radius 2 is 1.05 bits per heavy atom. The van der Waals surface area contributed by atoms with Gasteiger partial charge in [0.1, 0.15) is 6.10 Å². The van der Waals surface area contributed by atoms with Crippen LogP contribution in [0.3, 0.4) is 0 Å². The minimum Gasteiger partial charge on any atom is -0.459 e. The van der Waals surface area contributed by atoms with E-state index in [0.29, 0.717) is 0 Å². The van der Waals surface area contributed by atoms with E-state index in [4.69, 9.17) is 4.74 Å². The molecule has 4 atom stereocenters. The number of carbonyl (C=O) groups is 5. The van der Waals surface area contributed by atoms with Crippen LogP contribution in [0.1, 0.15) is 124 Å². The van der Waals surface area contributed by atoms with Crippen molar-refractivity contribution in [3.8, 4) is 0 Å². The number of ether oxygens (including phenoxy) is 1. The predicted molar refractivity (Wildman–Crippen MR) is 154 cm³/mol. The SMILES string of the molecule is CCCCCCCCCCCCCCCCCC(=O)OC1CN2C(=O)NC(=O)C3(C)C2C2N(C1)C(=O)NC(=O)C23C. The van der Waals surface area contributed by atoms with Gasteiger partial charge in [0.05, 0.1) is 36.0 Å². The largest absolute Gasteiger partial charge is 0.459 e. The van der Waals surface area contributed by atoms with E-state index in [2.05, 4.69) is 17.6 Å². The van der Waals surface area contributed by atoms with Gasteiger partial charge in [0.15, 0.2) is 0 Å². The Balaban J connectivity index is 1.15. The molecular formula is C31H50N4O6. The van der Waals surface area contributed by atoms with E-state index in [1.807, 2.05) is 0 Å². The monoisotopic (exact) mass is 574 g/mol. The molecule has 3 aliphatic heterocycles. The van der Waals surface area contributed by atoms with E-state index in [1.165, 1.54) is 86.8 Å². The molecule has 6 amide bonds. The Labute approximate surface area is 244 Å². The van der Waals surface area contributed by atoms with E-state index in [-0.39, 0.29) is 25.5 Å². The fraction of sp³-hybridized carbons (Fsp3) is 0.839. The van der Waals surface area contributed by atoms with Crippen LogP contribution in [0.4, 0.5) is 9.59 Å². The maximum Gasteiger partial charge on any atom is 0.324 e. The molecule has 10 heteroatoms. The number of esters is 1. The Morgan fingerprint density at radius 1 is 0.683 bits per heavy atom. The average Bonchev–Trinajstić information content (AvgIpc) is 3.10. The number of nitrogens with zero attached hydrogens (tertiary/aromatic N) is 2. The number of imide groups is 2. The maximum atomic E-state index is 12.9. The Morgan fingerprint density at radius 3 is 1.44 bits per heavy atom. The van der Waals surface area contributed by atoms with Crippen LogP contribution >= 0.6 is 0 Å². The van der Waals surface area contributed by atoms with Gasteiger partial charge in [-0.1, -0.05) is 96.8 Å². The molecule has 0 aromatic carbocycles. The summed E-state index contributed by atoms with van der Waals surface area (Å²) in [6.45, 7) is 5.71.